The highest BCUT2D eigenvalue weighted by Crippen LogP contribution is 2.20. The van der Waals surface area contributed by atoms with Crippen molar-refractivity contribution in [2.75, 3.05) is 18.4 Å². The van der Waals surface area contributed by atoms with Gasteiger partial charge in [-0.2, -0.15) is 0 Å². The molecule has 1 fully saturated rings. The van der Waals surface area contributed by atoms with Gasteiger partial charge in [0.1, 0.15) is 5.82 Å². The predicted molar refractivity (Wildman–Crippen MR) is 77.6 cm³/mol. The first-order valence-corrected chi connectivity index (χ1v) is 7.40. The second-order valence-corrected chi connectivity index (χ2v) is 5.84. The molecule has 1 heterocycles. The number of carbonyl (C=O) groups is 1. The summed E-state index contributed by atoms with van der Waals surface area (Å²) in [6.45, 7) is 2.06. The predicted octanol–water partition coefficient (Wildman–Crippen LogP) is 3.31. The van der Waals surface area contributed by atoms with E-state index in [0.717, 1.165) is 19.5 Å². The topological polar surface area (TPSA) is 41.1 Å². The smallest absolute Gasteiger partial charge is 0.224 e. The minimum Gasteiger partial charge on any atom is -0.324 e. The number of anilines is 1. The Morgan fingerprint density at radius 2 is 2.37 bits per heavy atom. The Balaban J connectivity index is 1.80. The zero-order valence-corrected chi connectivity index (χ0v) is 12.3. The van der Waals surface area contributed by atoms with E-state index in [1.165, 1.54) is 18.9 Å². The van der Waals surface area contributed by atoms with Crippen LogP contribution in [0.15, 0.2) is 22.7 Å². The molecular formula is C14H18BrFN2O. The SMILES string of the molecule is O=C(CCC1CCCNC1)Nc1ccc(Br)cc1F. The largest absolute Gasteiger partial charge is 0.324 e. The Bertz CT molecular complexity index is 447. The fourth-order valence-electron chi connectivity index (χ4n) is 2.31. The van der Waals surface area contributed by atoms with Gasteiger partial charge in [-0.05, 0) is 56.5 Å². The summed E-state index contributed by atoms with van der Waals surface area (Å²) in [6, 6.07) is 4.63. The average molecular weight is 329 g/mol. The van der Waals surface area contributed by atoms with Crippen LogP contribution in [-0.4, -0.2) is 19.0 Å². The van der Waals surface area contributed by atoms with Gasteiger partial charge in [-0.3, -0.25) is 4.79 Å². The van der Waals surface area contributed by atoms with Gasteiger partial charge in [-0.1, -0.05) is 15.9 Å². The molecule has 1 aliphatic rings. The molecule has 2 N–H and O–H groups in total. The molecule has 0 radical (unpaired) electrons. The van der Waals surface area contributed by atoms with E-state index >= 15 is 0 Å². The molecule has 0 aromatic heterocycles. The molecule has 1 saturated heterocycles. The van der Waals surface area contributed by atoms with Gasteiger partial charge >= 0.3 is 0 Å². The summed E-state index contributed by atoms with van der Waals surface area (Å²) in [5, 5.41) is 5.95. The first-order chi connectivity index (χ1) is 9.15. The molecule has 3 nitrogen and oxygen atoms in total. The molecule has 104 valence electrons. The number of piperidine rings is 1. The van der Waals surface area contributed by atoms with Gasteiger partial charge < -0.3 is 10.6 Å². The number of halogens is 2. The van der Waals surface area contributed by atoms with Crippen LogP contribution in [0.5, 0.6) is 0 Å². The van der Waals surface area contributed by atoms with Crippen LogP contribution in [0.2, 0.25) is 0 Å². The third-order valence-corrected chi connectivity index (χ3v) is 3.88. The van der Waals surface area contributed by atoms with Crippen LogP contribution in [0.3, 0.4) is 0 Å². The van der Waals surface area contributed by atoms with Gasteiger partial charge in [-0.15, -0.1) is 0 Å². The molecule has 0 spiro atoms. The summed E-state index contributed by atoms with van der Waals surface area (Å²) in [5.74, 6) is 0.0307. The molecule has 5 heteroatoms. The van der Waals surface area contributed by atoms with E-state index in [-0.39, 0.29) is 11.6 Å². The Labute approximate surface area is 121 Å². The number of hydrogen-bond donors (Lipinski definition) is 2. The Morgan fingerprint density at radius 1 is 1.53 bits per heavy atom. The fraction of sp³-hybridized carbons (Fsp3) is 0.500. The van der Waals surface area contributed by atoms with Crippen LogP contribution in [0.4, 0.5) is 10.1 Å². The normalized spacial score (nSPS) is 19.2. The number of hydrogen-bond acceptors (Lipinski definition) is 2. The van der Waals surface area contributed by atoms with E-state index in [1.54, 1.807) is 12.1 Å². The van der Waals surface area contributed by atoms with Crippen molar-refractivity contribution in [3.05, 3.63) is 28.5 Å². The van der Waals surface area contributed by atoms with Crippen molar-refractivity contribution in [2.45, 2.75) is 25.7 Å². The minimum atomic E-state index is -0.415. The molecule has 0 bridgehead atoms. The van der Waals surface area contributed by atoms with Crippen LogP contribution in [0, 0.1) is 11.7 Å². The van der Waals surface area contributed by atoms with Crippen LogP contribution in [0.1, 0.15) is 25.7 Å². The maximum atomic E-state index is 13.6. The molecule has 19 heavy (non-hydrogen) atoms. The maximum Gasteiger partial charge on any atom is 0.224 e. The summed E-state index contributed by atoms with van der Waals surface area (Å²) in [6.07, 6.45) is 3.65. The summed E-state index contributed by atoms with van der Waals surface area (Å²) < 4.78 is 14.2. The minimum absolute atomic E-state index is 0.119. The Hall–Kier alpha value is -0.940. The lowest BCUT2D eigenvalue weighted by molar-refractivity contribution is -0.116. The maximum absolute atomic E-state index is 13.6. The first kappa shape index (κ1) is 14.5. The second-order valence-electron chi connectivity index (χ2n) is 4.92. The van der Waals surface area contributed by atoms with Crippen molar-refractivity contribution in [3.8, 4) is 0 Å². The van der Waals surface area contributed by atoms with Gasteiger partial charge in [0.2, 0.25) is 5.91 Å². The van der Waals surface area contributed by atoms with Gasteiger partial charge in [-0.25, -0.2) is 4.39 Å². The second kappa shape index (κ2) is 7.01. The van der Waals surface area contributed by atoms with Crippen molar-refractivity contribution < 1.29 is 9.18 Å². The van der Waals surface area contributed by atoms with Crippen LogP contribution < -0.4 is 10.6 Å². The molecule has 1 aromatic carbocycles. The lowest BCUT2D eigenvalue weighted by Gasteiger charge is -2.22. The summed E-state index contributed by atoms with van der Waals surface area (Å²) in [5.41, 5.74) is 0.245. The average Bonchev–Trinajstić information content (AvgIpc) is 2.41. The summed E-state index contributed by atoms with van der Waals surface area (Å²) >= 11 is 3.19. The zero-order valence-electron chi connectivity index (χ0n) is 10.7. The van der Waals surface area contributed by atoms with Crippen LogP contribution in [0.25, 0.3) is 0 Å². The molecule has 1 atom stereocenters. The Morgan fingerprint density at radius 3 is 3.05 bits per heavy atom. The fourth-order valence-corrected chi connectivity index (χ4v) is 2.64. The van der Waals surface area contributed by atoms with Crippen molar-refractivity contribution in [1.29, 1.82) is 0 Å². The van der Waals surface area contributed by atoms with Gasteiger partial charge in [0.25, 0.3) is 0 Å². The molecule has 1 aliphatic heterocycles. The standard InChI is InChI=1S/C14H18BrFN2O/c15-11-4-5-13(12(16)8-11)18-14(19)6-3-10-2-1-7-17-9-10/h4-5,8,10,17H,1-3,6-7,9H2,(H,18,19). The van der Waals surface area contributed by atoms with Crippen molar-refractivity contribution in [3.63, 3.8) is 0 Å². The van der Waals surface area contributed by atoms with Crippen molar-refractivity contribution >= 4 is 27.5 Å². The number of rotatable bonds is 4. The molecular weight excluding hydrogens is 311 g/mol. The molecule has 2 rings (SSSR count). The van der Waals surface area contributed by atoms with Crippen LogP contribution >= 0.6 is 15.9 Å². The molecule has 0 aliphatic carbocycles. The van der Waals surface area contributed by atoms with Gasteiger partial charge in [0.15, 0.2) is 0 Å². The number of amides is 1. The summed E-state index contributed by atoms with van der Waals surface area (Å²) in [4.78, 5) is 11.8. The molecule has 1 amide bonds. The molecule has 1 unspecified atom stereocenters. The van der Waals surface area contributed by atoms with E-state index in [1.807, 2.05) is 0 Å². The number of nitrogens with one attached hydrogen (secondary N) is 2. The molecule has 1 aromatic rings. The van der Waals surface area contributed by atoms with Gasteiger partial charge in [0.05, 0.1) is 5.69 Å². The van der Waals surface area contributed by atoms with Gasteiger partial charge in [0, 0.05) is 10.9 Å². The third-order valence-electron chi connectivity index (χ3n) is 3.38. The third kappa shape index (κ3) is 4.58. The van der Waals surface area contributed by atoms with E-state index in [4.69, 9.17) is 0 Å². The lowest BCUT2D eigenvalue weighted by Crippen LogP contribution is -2.30. The van der Waals surface area contributed by atoms with Crippen LogP contribution in [-0.2, 0) is 4.79 Å². The number of benzene rings is 1. The highest BCUT2D eigenvalue weighted by Gasteiger charge is 2.15. The molecule has 0 saturated carbocycles. The summed E-state index contributed by atoms with van der Waals surface area (Å²) in [7, 11) is 0. The van der Waals surface area contributed by atoms with Crippen molar-refractivity contribution in [1.82, 2.24) is 5.32 Å². The number of carbonyl (C=O) groups excluding carboxylic acids is 1. The highest BCUT2D eigenvalue weighted by atomic mass is 79.9. The van der Waals surface area contributed by atoms with E-state index < -0.39 is 5.82 Å². The van der Waals surface area contributed by atoms with E-state index in [0.29, 0.717) is 16.8 Å². The van der Waals surface area contributed by atoms with E-state index in [2.05, 4.69) is 26.6 Å². The quantitative estimate of drug-likeness (QED) is 0.890. The lowest BCUT2D eigenvalue weighted by atomic mass is 9.94. The van der Waals surface area contributed by atoms with E-state index in [9.17, 15) is 9.18 Å². The Kier molecular flexibility index (Phi) is 5.34. The van der Waals surface area contributed by atoms with Crippen molar-refractivity contribution in [2.24, 2.45) is 5.92 Å². The highest BCUT2D eigenvalue weighted by molar-refractivity contribution is 9.10. The first-order valence-electron chi connectivity index (χ1n) is 6.61. The monoisotopic (exact) mass is 328 g/mol. The zero-order chi connectivity index (χ0) is 13.7.